The first kappa shape index (κ1) is 9.17. The molecular formula is C7H10ClF3. The van der Waals surface area contributed by atoms with E-state index in [0.717, 1.165) is 0 Å². The molecule has 0 N–H and O–H groups in total. The van der Waals surface area contributed by atoms with Crippen LogP contribution in [0.15, 0.2) is 0 Å². The lowest BCUT2D eigenvalue weighted by molar-refractivity contribution is -0.186. The number of hydrogen-bond donors (Lipinski definition) is 0. The Morgan fingerprint density at radius 1 is 1.55 bits per heavy atom. The average Bonchev–Trinajstić information content (AvgIpc) is 2.43. The van der Waals surface area contributed by atoms with E-state index in [1.807, 2.05) is 0 Å². The van der Waals surface area contributed by atoms with Crippen molar-refractivity contribution in [3.05, 3.63) is 0 Å². The van der Waals surface area contributed by atoms with Gasteiger partial charge in [0.25, 0.3) is 0 Å². The summed E-state index contributed by atoms with van der Waals surface area (Å²) in [5.74, 6) is 0.0936. The van der Waals surface area contributed by atoms with Crippen LogP contribution in [0.3, 0.4) is 0 Å². The number of alkyl halides is 4. The molecule has 0 nitrogen and oxygen atoms in total. The second-order valence-electron chi connectivity index (χ2n) is 3.29. The standard InChI is InChI=1S/C7H10ClF3/c1-6(7(9,10)11)4-5(6)2-3-8/h5H,2-4H2,1H3. The minimum atomic E-state index is -4.04. The second-order valence-corrected chi connectivity index (χ2v) is 3.67. The molecule has 66 valence electrons. The van der Waals surface area contributed by atoms with Crippen molar-refractivity contribution in [3.8, 4) is 0 Å². The molecule has 0 spiro atoms. The predicted molar refractivity (Wildman–Crippen MR) is 37.6 cm³/mol. The third-order valence-electron chi connectivity index (χ3n) is 2.52. The van der Waals surface area contributed by atoms with Gasteiger partial charge in [0.15, 0.2) is 0 Å². The highest BCUT2D eigenvalue weighted by atomic mass is 35.5. The topological polar surface area (TPSA) is 0 Å². The SMILES string of the molecule is CC1(C(F)(F)F)CC1CCCl. The minimum absolute atomic E-state index is 0.236. The number of halogens is 4. The minimum Gasteiger partial charge on any atom is -0.171 e. The summed E-state index contributed by atoms with van der Waals surface area (Å²) in [5.41, 5.74) is -1.43. The van der Waals surface area contributed by atoms with Gasteiger partial charge in [0.2, 0.25) is 0 Å². The van der Waals surface area contributed by atoms with E-state index in [1.54, 1.807) is 0 Å². The number of hydrogen-bond acceptors (Lipinski definition) is 0. The quantitative estimate of drug-likeness (QED) is 0.581. The van der Waals surface area contributed by atoms with Crippen LogP contribution in [-0.2, 0) is 0 Å². The van der Waals surface area contributed by atoms with Crippen LogP contribution in [0.25, 0.3) is 0 Å². The maximum absolute atomic E-state index is 12.2. The van der Waals surface area contributed by atoms with Gasteiger partial charge in [-0.25, -0.2) is 0 Å². The lowest BCUT2D eigenvalue weighted by Gasteiger charge is -2.14. The van der Waals surface area contributed by atoms with Crippen LogP contribution < -0.4 is 0 Å². The van der Waals surface area contributed by atoms with Gasteiger partial charge in [-0.1, -0.05) is 6.92 Å². The van der Waals surface area contributed by atoms with Crippen LogP contribution in [0.2, 0.25) is 0 Å². The fourth-order valence-electron chi connectivity index (χ4n) is 1.35. The maximum atomic E-state index is 12.2. The van der Waals surface area contributed by atoms with Crippen molar-refractivity contribution in [2.45, 2.75) is 25.9 Å². The van der Waals surface area contributed by atoms with Crippen molar-refractivity contribution < 1.29 is 13.2 Å². The lowest BCUT2D eigenvalue weighted by Crippen LogP contribution is -2.23. The van der Waals surface area contributed by atoms with Crippen molar-refractivity contribution in [1.82, 2.24) is 0 Å². The summed E-state index contributed by atoms with van der Waals surface area (Å²) in [7, 11) is 0. The molecule has 0 aromatic rings. The summed E-state index contributed by atoms with van der Waals surface area (Å²) in [6.07, 6.45) is -3.30. The third kappa shape index (κ3) is 1.48. The molecule has 1 aliphatic rings. The Balaban J connectivity index is 2.49. The molecule has 2 unspecified atom stereocenters. The molecule has 0 aromatic heterocycles. The van der Waals surface area contributed by atoms with Crippen LogP contribution in [-0.4, -0.2) is 12.1 Å². The molecule has 0 amide bonds. The molecule has 2 atom stereocenters. The summed E-state index contributed by atoms with van der Waals surface area (Å²) in [6.45, 7) is 1.27. The summed E-state index contributed by atoms with van der Waals surface area (Å²) in [5, 5.41) is 0. The van der Waals surface area contributed by atoms with E-state index in [2.05, 4.69) is 0 Å². The van der Waals surface area contributed by atoms with Gasteiger partial charge in [-0.2, -0.15) is 13.2 Å². The van der Waals surface area contributed by atoms with Crippen LogP contribution in [0.1, 0.15) is 19.8 Å². The molecule has 0 bridgehead atoms. The zero-order valence-corrected chi connectivity index (χ0v) is 6.97. The van der Waals surface area contributed by atoms with Crippen molar-refractivity contribution in [3.63, 3.8) is 0 Å². The molecule has 11 heavy (non-hydrogen) atoms. The molecule has 1 rings (SSSR count). The largest absolute Gasteiger partial charge is 0.394 e. The van der Waals surface area contributed by atoms with E-state index in [9.17, 15) is 13.2 Å². The van der Waals surface area contributed by atoms with Crippen LogP contribution in [0.4, 0.5) is 13.2 Å². The molecule has 0 aromatic carbocycles. The van der Waals surface area contributed by atoms with Crippen LogP contribution in [0, 0.1) is 11.3 Å². The first-order valence-electron chi connectivity index (χ1n) is 3.54. The Morgan fingerprint density at radius 2 is 2.09 bits per heavy atom. The van der Waals surface area contributed by atoms with Crippen molar-refractivity contribution in [2.24, 2.45) is 11.3 Å². The highest BCUT2D eigenvalue weighted by molar-refractivity contribution is 6.17. The van der Waals surface area contributed by atoms with Gasteiger partial charge in [-0.3, -0.25) is 0 Å². The summed E-state index contributed by atoms with van der Waals surface area (Å²) >= 11 is 5.35. The summed E-state index contributed by atoms with van der Waals surface area (Å²) < 4.78 is 36.5. The predicted octanol–water partition coefficient (Wildman–Crippen LogP) is 3.20. The Bertz CT molecular complexity index is 154. The second kappa shape index (κ2) is 2.54. The van der Waals surface area contributed by atoms with Crippen molar-refractivity contribution >= 4 is 11.6 Å². The van der Waals surface area contributed by atoms with Gasteiger partial charge in [0.1, 0.15) is 0 Å². The van der Waals surface area contributed by atoms with Crippen molar-refractivity contribution in [1.29, 1.82) is 0 Å². The average molecular weight is 187 g/mol. The van der Waals surface area contributed by atoms with Gasteiger partial charge in [0.05, 0.1) is 5.41 Å². The van der Waals surface area contributed by atoms with Crippen LogP contribution >= 0.6 is 11.6 Å². The highest BCUT2D eigenvalue weighted by Gasteiger charge is 2.66. The monoisotopic (exact) mass is 186 g/mol. The molecule has 1 aliphatic carbocycles. The van der Waals surface area contributed by atoms with Crippen LogP contribution in [0.5, 0.6) is 0 Å². The summed E-state index contributed by atoms with van der Waals surface area (Å²) in [4.78, 5) is 0. The van der Waals surface area contributed by atoms with E-state index in [1.165, 1.54) is 6.92 Å². The first-order valence-corrected chi connectivity index (χ1v) is 4.08. The van der Waals surface area contributed by atoms with Gasteiger partial charge in [0, 0.05) is 5.88 Å². The van der Waals surface area contributed by atoms with E-state index in [0.29, 0.717) is 12.3 Å². The normalized spacial score (nSPS) is 37.4. The van der Waals surface area contributed by atoms with Gasteiger partial charge in [-0.15, -0.1) is 11.6 Å². The third-order valence-corrected chi connectivity index (χ3v) is 2.73. The zero-order valence-electron chi connectivity index (χ0n) is 6.21. The Hall–Kier alpha value is 0.0800. The van der Waals surface area contributed by atoms with E-state index in [-0.39, 0.29) is 12.3 Å². The molecule has 0 radical (unpaired) electrons. The van der Waals surface area contributed by atoms with Gasteiger partial charge < -0.3 is 0 Å². The fraction of sp³-hybridized carbons (Fsp3) is 1.00. The number of rotatable bonds is 2. The Morgan fingerprint density at radius 3 is 2.36 bits per heavy atom. The molecular weight excluding hydrogens is 177 g/mol. The zero-order chi connectivity index (χ0) is 8.70. The maximum Gasteiger partial charge on any atom is 0.394 e. The fourth-order valence-corrected chi connectivity index (χ4v) is 1.62. The molecule has 0 saturated heterocycles. The molecule has 0 heterocycles. The van der Waals surface area contributed by atoms with Gasteiger partial charge >= 0.3 is 6.18 Å². The molecule has 1 saturated carbocycles. The van der Waals surface area contributed by atoms with Gasteiger partial charge in [-0.05, 0) is 18.8 Å². The lowest BCUT2D eigenvalue weighted by atomic mass is 10.1. The van der Waals surface area contributed by atoms with E-state index in [4.69, 9.17) is 11.6 Å². The van der Waals surface area contributed by atoms with Crippen molar-refractivity contribution in [2.75, 3.05) is 5.88 Å². The smallest absolute Gasteiger partial charge is 0.171 e. The molecule has 4 heteroatoms. The Kier molecular flexibility index (Phi) is 2.12. The highest BCUT2D eigenvalue weighted by Crippen LogP contribution is 2.63. The summed E-state index contributed by atoms with van der Waals surface area (Å²) in [6, 6.07) is 0. The molecule has 0 aliphatic heterocycles. The molecule has 1 fully saturated rings. The Labute approximate surface area is 68.7 Å². The van der Waals surface area contributed by atoms with E-state index < -0.39 is 11.6 Å². The van der Waals surface area contributed by atoms with E-state index >= 15 is 0 Å². The first-order chi connectivity index (χ1) is 4.92.